The SMILES string of the molecule is CC(C)c1nc(C(C)(C)C)nc2c1CNC2. The van der Waals surface area contributed by atoms with Gasteiger partial charge in [0.15, 0.2) is 0 Å². The second-order valence-electron chi connectivity index (χ2n) is 5.87. The molecule has 0 radical (unpaired) electrons. The normalized spacial score (nSPS) is 15.6. The lowest BCUT2D eigenvalue weighted by atomic mass is 9.94. The number of nitrogens with one attached hydrogen (secondary N) is 1. The highest BCUT2D eigenvalue weighted by molar-refractivity contribution is 5.32. The fraction of sp³-hybridized carbons (Fsp3) is 0.692. The Hall–Kier alpha value is -0.960. The number of rotatable bonds is 1. The molecule has 3 heteroatoms. The molecule has 0 amide bonds. The van der Waals surface area contributed by atoms with E-state index in [0.717, 1.165) is 18.9 Å². The Morgan fingerprint density at radius 1 is 1.12 bits per heavy atom. The Morgan fingerprint density at radius 3 is 2.38 bits per heavy atom. The van der Waals surface area contributed by atoms with Crippen molar-refractivity contribution in [3.05, 3.63) is 22.8 Å². The first-order chi connectivity index (χ1) is 7.39. The van der Waals surface area contributed by atoms with Gasteiger partial charge < -0.3 is 5.32 Å². The van der Waals surface area contributed by atoms with Crippen LogP contribution in [0.1, 0.15) is 63.3 Å². The molecule has 0 aliphatic carbocycles. The van der Waals surface area contributed by atoms with Crippen molar-refractivity contribution in [1.82, 2.24) is 15.3 Å². The third kappa shape index (κ3) is 1.96. The first-order valence-electron chi connectivity index (χ1n) is 6.00. The Morgan fingerprint density at radius 2 is 1.81 bits per heavy atom. The lowest BCUT2D eigenvalue weighted by Gasteiger charge is -2.20. The maximum Gasteiger partial charge on any atom is 0.134 e. The van der Waals surface area contributed by atoms with Gasteiger partial charge in [0.2, 0.25) is 0 Å². The summed E-state index contributed by atoms with van der Waals surface area (Å²) in [4.78, 5) is 9.46. The first-order valence-corrected chi connectivity index (χ1v) is 6.00. The largest absolute Gasteiger partial charge is 0.307 e. The van der Waals surface area contributed by atoms with Crippen LogP contribution in [0.4, 0.5) is 0 Å². The van der Waals surface area contributed by atoms with Gasteiger partial charge in [0, 0.05) is 24.1 Å². The van der Waals surface area contributed by atoms with E-state index in [1.165, 1.54) is 17.0 Å². The molecule has 1 aliphatic heterocycles. The Kier molecular flexibility index (Phi) is 2.74. The van der Waals surface area contributed by atoms with Crippen LogP contribution in [-0.4, -0.2) is 9.97 Å². The number of hydrogen-bond acceptors (Lipinski definition) is 3. The van der Waals surface area contributed by atoms with Gasteiger partial charge in [-0.25, -0.2) is 9.97 Å². The predicted octanol–water partition coefficient (Wildman–Crippen LogP) is 2.50. The number of nitrogens with zero attached hydrogens (tertiary/aromatic N) is 2. The van der Waals surface area contributed by atoms with Gasteiger partial charge in [0.25, 0.3) is 0 Å². The van der Waals surface area contributed by atoms with Crippen molar-refractivity contribution in [3.8, 4) is 0 Å². The van der Waals surface area contributed by atoms with E-state index in [1.54, 1.807) is 0 Å². The monoisotopic (exact) mass is 219 g/mol. The molecule has 3 nitrogen and oxygen atoms in total. The molecule has 16 heavy (non-hydrogen) atoms. The van der Waals surface area contributed by atoms with Crippen molar-refractivity contribution in [2.24, 2.45) is 0 Å². The van der Waals surface area contributed by atoms with E-state index >= 15 is 0 Å². The molecule has 0 aromatic carbocycles. The average Bonchev–Trinajstić information content (AvgIpc) is 2.61. The van der Waals surface area contributed by atoms with Crippen molar-refractivity contribution in [2.45, 2.75) is 59.0 Å². The molecule has 0 saturated heterocycles. The van der Waals surface area contributed by atoms with Crippen LogP contribution in [0.2, 0.25) is 0 Å². The summed E-state index contributed by atoms with van der Waals surface area (Å²) in [5.41, 5.74) is 3.77. The molecule has 0 bridgehead atoms. The van der Waals surface area contributed by atoms with Crippen molar-refractivity contribution in [2.75, 3.05) is 0 Å². The summed E-state index contributed by atoms with van der Waals surface area (Å²) in [5, 5.41) is 3.36. The summed E-state index contributed by atoms with van der Waals surface area (Å²) < 4.78 is 0. The summed E-state index contributed by atoms with van der Waals surface area (Å²) in [7, 11) is 0. The highest BCUT2D eigenvalue weighted by Crippen LogP contribution is 2.27. The van der Waals surface area contributed by atoms with Crippen molar-refractivity contribution < 1.29 is 0 Å². The van der Waals surface area contributed by atoms with E-state index < -0.39 is 0 Å². The molecule has 88 valence electrons. The van der Waals surface area contributed by atoms with Gasteiger partial charge in [-0.15, -0.1) is 0 Å². The van der Waals surface area contributed by atoms with Gasteiger partial charge >= 0.3 is 0 Å². The van der Waals surface area contributed by atoms with Crippen LogP contribution in [0.15, 0.2) is 0 Å². The second-order valence-corrected chi connectivity index (χ2v) is 5.87. The zero-order chi connectivity index (χ0) is 11.9. The fourth-order valence-corrected chi connectivity index (χ4v) is 2.01. The van der Waals surface area contributed by atoms with Crippen LogP contribution in [0.25, 0.3) is 0 Å². The van der Waals surface area contributed by atoms with Crippen molar-refractivity contribution in [1.29, 1.82) is 0 Å². The van der Waals surface area contributed by atoms with Crippen LogP contribution in [0.3, 0.4) is 0 Å². The zero-order valence-corrected chi connectivity index (χ0v) is 10.9. The number of hydrogen-bond donors (Lipinski definition) is 1. The van der Waals surface area contributed by atoms with Crippen LogP contribution in [-0.2, 0) is 18.5 Å². The molecule has 0 spiro atoms. The van der Waals surface area contributed by atoms with Crippen LogP contribution >= 0.6 is 0 Å². The standard InChI is InChI=1S/C13H21N3/c1-8(2)11-9-6-14-7-10(9)15-12(16-11)13(3,4)5/h8,14H,6-7H2,1-5H3. The van der Waals surface area contributed by atoms with Crippen molar-refractivity contribution in [3.63, 3.8) is 0 Å². The van der Waals surface area contributed by atoms with Crippen LogP contribution in [0, 0.1) is 0 Å². The van der Waals surface area contributed by atoms with Gasteiger partial charge in [0.05, 0.1) is 11.4 Å². The molecular weight excluding hydrogens is 198 g/mol. The summed E-state index contributed by atoms with van der Waals surface area (Å²) in [6, 6.07) is 0. The van der Waals surface area contributed by atoms with E-state index in [0.29, 0.717) is 5.92 Å². The van der Waals surface area contributed by atoms with Crippen molar-refractivity contribution >= 4 is 0 Å². The average molecular weight is 219 g/mol. The van der Waals surface area contributed by atoms with Crippen LogP contribution in [0.5, 0.6) is 0 Å². The molecule has 0 fully saturated rings. The molecule has 0 unspecified atom stereocenters. The lowest BCUT2D eigenvalue weighted by Crippen LogP contribution is -2.19. The third-order valence-electron chi connectivity index (χ3n) is 2.94. The van der Waals surface area contributed by atoms with Gasteiger partial charge in [-0.2, -0.15) is 0 Å². The summed E-state index contributed by atoms with van der Waals surface area (Å²) in [6.07, 6.45) is 0. The summed E-state index contributed by atoms with van der Waals surface area (Å²) in [5.74, 6) is 1.44. The first kappa shape index (κ1) is 11.5. The quantitative estimate of drug-likeness (QED) is 0.788. The second kappa shape index (κ2) is 3.81. The minimum atomic E-state index is 0.0290. The van der Waals surface area contributed by atoms with Gasteiger partial charge in [-0.3, -0.25) is 0 Å². The van der Waals surface area contributed by atoms with E-state index in [2.05, 4.69) is 39.9 Å². The Labute approximate surface area is 97.7 Å². The molecule has 2 rings (SSSR count). The van der Waals surface area contributed by atoms with E-state index in [4.69, 9.17) is 9.97 Å². The molecule has 1 aromatic rings. The van der Waals surface area contributed by atoms with Gasteiger partial charge in [-0.1, -0.05) is 34.6 Å². The maximum absolute atomic E-state index is 4.76. The molecule has 1 N–H and O–H groups in total. The predicted molar refractivity (Wildman–Crippen MR) is 65.4 cm³/mol. The van der Waals surface area contributed by atoms with Gasteiger partial charge in [-0.05, 0) is 5.92 Å². The van der Waals surface area contributed by atoms with E-state index in [-0.39, 0.29) is 5.41 Å². The third-order valence-corrected chi connectivity index (χ3v) is 2.94. The summed E-state index contributed by atoms with van der Waals surface area (Å²) >= 11 is 0. The fourth-order valence-electron chi connectivity index (χ4n) is 2.01. The van der Waals surface area contributed by atoms with Crippen LogP contribution < -0.4 is 5.32 Å². The molecule has 0 saturated carbocycles. The molecular formula is C13H21N3. The number of aromatic nitrogens is 2. The highest BCUT2D eigenvalue weighted by Gasteiger charge is 2.25. The topological polar surface area (TPSA) is 37.8 Å². The lowest BCUT2D eigenvalue weighted by molar-refractivity contribution is 0.534. The Balaban J connectivity index is 2.56. The highest BCUT2D eigenvalue weighted by atomic mass is 15.0. The molecule has 1 aromatic heterocycles. The number of fused-ring (bicyclic) bond motifs is 1. The molecule has 2 heterocycles. The Bertz CT molecular complexity index is 402. The zero-order valence-electron chi connectivity index (χ0n) is 10.9. The smallest absolute Gasteiger partial charge is 0.134 e. The summed E-state index contributed by atoms with van der Waals surface area (Å²) in [6.45, 7) is 12.7. The van der Waals surface area contributed by atoms with E-state index in [9.17, 15) is 0 Å². The molecule has 0 atom stereocenters. The van der Waals surface area contributed by atoms with E-state index in [1.807, 2.05) is 0 Å². The minimum Gasteiger partial charge on any atom is -0.307 e. The maximum atomic E-state index is 4.76. The molecule has 1 aliphatic rings. The minimum absolute atomic E-state index is 0.0290. The van der Waals surface area contributed by atoms with Gasteiger partial charge in [0.1, 0.15) is 5.82 Å².